The van der Waals surface area contributed by atoms with Crippen LogP contribution in [0.2, 0.25) is 5.02 Å². The Balaban J connectivity index is 1.93. The quantitative estimate of drug-likeness (QED) is 0.397. The summed E-state index contributed by atoms with van der Waals surface area (Å²) in [6, 6.07) is 10.6. The number of amides is 1. The highest BCUT2D eigenvalue weighted by atomic mass is 35.5. The number of anilines is 1. The van der Waals surface area contributed by atoms with Crippen molar-refractivity contribution in [2.45, 2.75) is 6.04 Å². The third kappa shape index (κ3) is 3.06. The molecular formula is C19H11ClFN3O3S. The van der Waals surface area contributed by atoms with E-state index < -0.39 is 29.3 Å². The molecule has 140 valence electrons. The number of rotatable bonds is 3. The Morgan fingerprint density at radius 3 is 2.39 bits per heavy atom. The van der Waals surface area contributed by atoms with E-state index in [9.17, 15) is 19.1 Å². The monoisotopic (exact) mass is 415 g/mol. The van der Waals surface area contributed by atoms with Crippen LogP contribution in [0, 0.1) is 5.82 Å². The van der Waals surface area contributed by atoms with Gasteiger partial charge in [0.05, 0.1) is 11.6 Å². The van der Waals surface area contributed by atoms with Gasteiger partial charge in [0.2, 0.25) is 5.13 Å². The standard InChI is InChI=1S/C19H11ClFN3O3S/c20-12-5-1-10(2-6-12)15-14(16(25)11-3-7-13(21)8-4-11)17(26)18(27)24(15)19-23-22-9-28-19/h1-9,15,25H/b16-14+/t15-/m0/s1. The fourth-order valence-electron chi connectivity index (χ4n) is 3.03. The summed E-state index contributed by atoms with van der Waals surface area (Å²) in [6.45, 7) is 0. The van der Waals surface area contributed by atoms with Crippen LogP contribution >= 0.6 is 22.9 Å². The second-order valence-electron chi connectivity index (χ2n) is 5.95. The van der Waals surface area contributed by atoms with E-state index in [1.54, 1.807) is 24.3 Å². The maximum atomic E-state index is 13.2. The molecule has 0 saturated carbocycles. The number of benzene rings is 2. The summed E-state index contributed by atoms with van der Waals surface area (Å²) >= 11 is 7.05. The number of carbonyl (C=O) groups is 2. The summed E-state index contributed by atoms with van der Waals surface area (Å²) < 4.78 is 13.2. The predicted molar refractivity (Wildman–Crippen MR) is 103 cm³/mol. The number of hydrogen-bond donors (Lipinski definition) is 1. The number of Topliss-reactive ketones (excluding diaryl/α,β-unsaturated/α-hetero) is 1. The molecule has 0 spiro atoms. The van der Waals surface area contributed by atoms with E-state index in [0.717, 1.165) is 23.5 Å². The van der Waals surface area contributed by atoms with Crippen LogP contribution in [-0.4, -0.2) is 27.0 Å². The van der Waals surface area contributed by atoms with Gasteiger partial charge >= 0.3 is 5.91 Å². The number of halogens is 2. The summed E-state index contributed by atoms with van der Waals surface area (Å²) in [7, 11) is 0. The van der Waals surface area contributed by atoms with Crippen molar-refractivity contribution in [1.82, 2.24) is 10.2 Å². The molecule has 0 radical (unpaired) electrons. The average molecular weight is 416 g/mol. The molecule has 0 aliphatic carbocycles. The molecule has 1 saturated heterocycles. The van der Waals surface area contributed by atoms with Crippen LogP contribution in [0.5, 0.6) is 0 Å². The number of ketones is 1. The second kappa shape index (κ2) is 7.14. The first-order valence-electron chi connectivity index (χ1n) is 8.06. The van der Waals surface area contributed by atoms with Gasteiger partial charge in [-0.25, -0.2) is 4.39 Å². The maximum absolute atomic E-state index is 13.2. The first-order valence-corrected chi connectivity index (χ1v) is 9.31. The first-order chi connectivity index (χ1) is 13.5. The highest BCUT2D eigenvalue weighted by Crippen LogP contribution is 2.42. The maximum Gasteiger partial charge on any atom is 0.301 e. The van der Waals surface area contributed by atoms with E-state index in [1.807, 2.05) is 0 Å². The third-order valence-corrected chi connectivity index (χ3v) is 5.24. The Morgan fingerprint density at radius 2 is 1.79 bits per heavy atom. The van der Waals surface area contributed by atoms with Crippen LogP contribution in [0.3, 0.4) is 0 Å². The fourth-order valence-corrected chi connectivity index (χ4v) is 3.74. The molecule has 4 rings (SSSR count). The molecule has 1 amide bonds. The molecule has 1 N–H and O–H groups in total. The summed E-state index contributed by atoms with van der Waals surface area (Å²) in [5.41, 5.74) is 2.10. The summed E-state index contributed by atoms with van der Waals surface area (Å²) in [5.74, 6) is -2.58. The van der Waals surface area contributed by atoms with E-state index in [1.165, 1.54) is 22.5 Å². The zero-order valence-electron chi connectivity index (χ0n) is 14.0. The van der Waals surface area contributed by atoms with Crippen molar-refractivity contribution < 1.29 is 19.1 Å². The van der Waals surface area contributed by atoms with Gasteiger partial charge in [0.15, 0.2) is 0 Å². The fraction of sp³-hybridized carbons (Fsp3) is 0.0526. The molecule has 1 fully saturated rings. The Bertz CT molecular complexity index is 1080. The minimum atomic E-state index is -0.921. The summed E-state index contributed by atoms with van der Waals surface area (Å²) in [4.78, 5) is 26.7. The van der Waals surface area contributed by atoms with Gasteiger partial charge in [0.25, 0.3) is 5.78 Å². The number of aromatic nitrogens is 2. The molecule has 2 aromatic carbocycles. The Kier molecular flexibility index (Phi) is 4.66. The first kappa shape index (κ1) is 18.3. The van der Waals surface area contributed by atoms with Crippen molar-refractivity contribution in [3.63, 3.8) is 0 Å². The highest BCUT2D eigenvalue weighted by molar-refractivity contribution is 7.13. The molecule has 6 nitrogen and oxygen atoms in total. The van der Waals surface area contributed by atoms with Crippen molar-refractivity contribution in [3.05, 3.63) is 81.6 Å². The van der Waals surface area contributed by atoms with Gasteiger partial charge in [-0.05, 0) is 42.0 Å². The van der Waals surface area contributed by atoms with E-state index >= 15 is 0 Å². The molecule has 1 aromatic heterocycles. The normalized spacial score (nSPS) is 18.6. The number of carbonyl (C=O) groups excluding carboxylic acids is 2. The Hall–Kier alpha value is -3.10. The minimum Gasteiger partial charge on any atom is -0.507 e. The smallest absolute Gasteiger partial charge is 0.301 e. The van der Waals surface area contributed by atoms with Crippen molar-refractivity contribution in [2.24, 2.45) is 0 Å². The number of aliphatic hydroxyl groups excluding tert-OH is 1. The van der Waals surface area contributed by atoms with E-state index in [2.05, 4.69) is 10.2 Å². The van der Waals surface area contributed by atoms with Gasteiger partial charge in [-0.15, -0.1) is 10.2 Å². The molecule has 1 aliphatic heterocycles. The van der Waals surface area contributed by atoms with Gasteiger partial charge in [-0.2, -0.15) is 0 Å². The number of nitrogens with zero attached hydrogens (tertiary/aromatic N) is 3. The highest BCUT2D eigenvalue weighted by Gasteiger charge is 2.48. The average Bonchev–Trinajstić information content (AvgIpc) is 3.30. The van der Waals surface area contributed by atoms with Gasteiger partial charge in [0.1, 0.15) is 17.1 Å². The second-order valence-corrected chi connectivity index (χ2v) is 7.20. The number of hydrogen-bond acceptors (Lipinski definition) is 6. The molecule has 0 unspecified atom stereocenters. The zero-order chi connectivity index (χ0) is 19.8. The molecule has 1 atom stereocenters. The number of aliphatic hydroxyl groups is 1. The molecule has 3 aromatic rings. The van der Waals surface area contributed by atoms with Crippen molar-refractivity contribution in [1.29, 1.82) is 0 Å². The zero-order valence-corrected chi connectivity index (χ0v) is 15.6. The lowest BCUT2D eigenvalue weighted by Crippen LogP contribution is -2.29. The Morgan fingerprint density at radius 1 is 1.11 bits per heavy atom. The van der Waals surface area contributed by atoms with E-state index in [4.69, 9.17) is 11.6 Å². The SMILES string of the molecule is O=C1C(=O)N(c2nncs2)[C@@H](c2ccc(Cl)cc2)/C1=C(\O)c1ccc(F)cc1. The topological polar surface area (TPSA) is 83.4 Å². The lowest BCUT2D eigenvalue weighted by molar-refractivity contribution is -0.132. The van der Waals surface area contributed by atoms with Crippen molar-refractivity contribution in [2.75, 3.05) is 4.90 Å². The van der Waals surface area contributed by atoms with Gasteiger partial charge in [0, 0.05) is 10.6 Å². The van der Waals surface area contributed by atoms with Crippen LogP contribution in [0.4, 0.5) is 9.52 Å². The Labute approximate surface area is 167 Å². The van der Waals surface area contributed by atoms with Crippen LogP contribution in [0.1, 0.15) is 17.2 Å². The largest absolute Gasteiger partial charge is 0.507 e. The van der Waals surface area contributed by atoms with E-state index in [0.29, 0.717) is 10.6 Å². The van der Waals surface area contributed by atoms with Crippen LogP contribution in [0.25, 0.3) is 5.76 Å². The molecule has 1 aliphatic rings. The summed E-state index contributed by atoms with van der Waals surface area (Å²) in [6.07, 6.45) is 0. The molecule has 0 bridgehead atoms. The third-order valence-electron chi connectivity index (χ3n) is 4.30. The van der Waals surface area contributed by atoms with Crippen LogP contribution < -0.4 is 4.90 Å². The molecular weight excluding hydrogens is 405 g/mol. The van der Waals surface area contributed by atoms with Crippen molar-refractivity contribution >= 4 is 45.5 Å². The lowest BCUT2D eigenvalue weighted by atomic mass is 9.95. The lowest BCUT2D eigenvalue weighted by Gasteiger charge is -2.22. The van der Waals surface area contributed by atoms with Crippen molar-refractivity contribution in [3.8, 4) is 0 Å². The minimum absolute atomic E-state index is 0.117. The van der Waals surface area contributed by atoms with Crippen LogP contribution in [-0.2, 0) is 9.59 Å². The van der Waals surface area contributed by atoms with Gasteiger partial charge < -0.3 is 5.11 Å². The van der Waals surface area contributed by atoms with Gasteiger partial charge in [-0.1, -0.05) is 35.1 Å². The molecule has 9 heteroatoms. The summed E-state index contributed by atoms with van der Waals surface area (Å²) in [5, 5.41) is 19.1. The molecule has 2 heterocycles. The molecule has 28 heavy (non-hydrogen) atoms. The van der Waals surface area contributed by atoms with Gasteiger partial charge in [-0.3, -0.25) is 14.5 Å². The predicted octanol–water partition coefficient (Wildman–Crippen LogP) is 3.96. The van der Waals surface area contributed by atoms with Crippen LogP contribution in [0.15, 0.2) is 59.6 Å². The van der Waals surface area contributed by atoms with E-state index in [-0.39, 0.29) is 16.3 Å².